The van der Waals surface area contributed by atoms with Gasteiger partial charge in [0.1, 0.15) is 24.8 Å². The Balaban J connectivity index is 1.86. The fourth-order valence-electron chi connectivity index (χ4n) is 1.60. The van der Waals surface area contributed by atoms with Crippen LogP contribution >= 0.6 is 15.9 Å². The van der Waals surface area contributed by atoms with Crippen molar-refractivity contribution in [1.29, 1.82) is 5.26 Å². The molecule has 0 aromatic heterocycles. The third-order valence-corrected chi connectivity index (χ3v) is 3.13. The Labute approximate surface area is 128 Å². The van der Waals surface area contributed by atoms with Crippen LogP contribution in [0.3, 0.4) is 0 Å². The van der Waals surface area contributed by atoms with Gasteiger partial charge in [0, 0.05) is 6.07 Å². The lowest BCUT2D eigenvalue weighted by Crippen LogP contribution is -2.10. The highest BCUT2D eigenvalue weighted by Gasteiger charge is 2.10. The molecule has 0 aliphatic carbocycles. The van der Waals surface area contributed by atoms with Crippen LogP contribution in [0.4, 0.5) is 8.78 Å². The number of hydrogen-bond donors (Lipinski definition) is 0. The molecular weight excluding hydrogens is 344 g/mol. The van der Waals surface area contributed by atoms with Crippen molar-refractivity contribution in [3.63, 3.8) is 0 Å². The summed E-state index contributed by atoms with van der Waals surface area (Å²) in [4.78, 5) is 0. The number of hydrogen-bond acceptors (Lipinski definition) is 3. The van der Waals surface area contributed by atoms with Crippen LogP contribution in [0.2, 0.25) is 0 Å². The van der Waals surface area contributed by atoms with E-state index in [0.717, 1.165) is 12.1 Å². The predicted molar refractivity (Wildman–Crippen MR) is 76.2 cm³/mol. The van der Waals surface area contributed by atoms with Gasteiger partial charge < -0.3 is 9.47 Å². The topological polar surface area (TPSA) is 42.2 Å². The van der Waals surface area contributed by atoms with Gasteiger partial charge in [-0.25, -0.2) is 8.78 Å². The highest BCUT2D eigenvalue weighted by atomic mass is 79.9. The van der Waals surface area contributed by atoms with Gasteiger partial charge in [0.2, 0.25) is 0 Å². The first-order valence-electron chi connectivity index (χ1n) is 6.00. The number of nitrogens with zero attached hydrogens (tertiary/aromatic N) is 1. The third kappa shape index (κ3) is 4.17. The molecule has 3 nitrogen and oxygen atoms in total. The SMILES string of the molecule is N#Cc1ccc(OCCOc2c(F)cc(F)cc2Br)cc1. The molecule has 21 heavy (non-hydrogen) atoms. The summed E-state index contributed by atoms with van der Waals surface area (Å²) >= 11 is 3.03. The number of nitriles is 1. The zero-order chi connectivity index (χ0) is 15.2. The first-order chi connectivity index (χ1) is 10.1. The van der Waals surface area contributed by atoms with Gasteiger partial charge in [0.05, 0.1) is 16.1 Å². The molecule has 2 aromatic carbocycles. The molecule has 0 saturated heterocycles. The molecule has 0 atom stereocenters. The molecule has 0 bridgehead atoms. The lowest BCUT2D eigenvalue weighted by atomic mass is 10.2. The molecule has 0 radical (unpaired) electrons. The van der Waals surface area contributed by atoms with Crippen LogP contribution in [-0.2, 0) is 0 Å². The largest absolute Gasteiger partial charge is 0.490 e. The number of rotatable bonds is 5. The summed E-state index contributed by atoms with van der Waals surface area (Å²) in [5.41, 5.74) is 0.538. The molecule has 108 valence electrons. The Bertz CT molecular complexity index is 645. The molecule has 0 fully saturated rings. The molecule has 2 aromatic rings. The van der Waals surface area contributed by atoms with E-state index < -0.39 is 11.6 Å². The summed E-state index contributed by atoms with van der Waals surface area (Å²) in [6.07, 6.45) is 0. The maximum atomic E-state index is 13.5. The van der Waals surface area contributed by atoms with E-state index in [-0.39, 0.29) is 23.4 Å². The van der Waals surface area contributed by atoms with E-state index >= 15 is 0 Å². The molecule has 0 saturated carbocycles. The molecule has 6 heteroatoms. The fourth-order valence-corrected chi connectivity index (χ4v) is 2.12. The van der Waals surface area contributed by atoms with Crippen molar-refractivity contribution in [2.24, 2.45) is 0 Å². The number of benzene rings is 2. The zero-order valence-electron chi connectivity index (χ0n) is 10.8. The minimum atomic E-state index is -0.778. The molecule has 2 rings (SSSR count). The second-order valence-corrected chi connectivity index (χ2v) is 4.89. The molecular formula is C15H10BrF2NO2. The Kier molecular flexibility index (Phi) is 5.12. The minimum absolute atomic E-state index is 0.0557. The van der Waals surface area contributed by atoms with Crippen molar-refractivity contribution >= 4 is 15.9 Å². The number of ether oxygens (including phenoxy) is 2. The highest BCUT2D eigenvalue weighted by Crippen LogP contribution is 2.29. The van der Waals surface area contributed by atoms with Gasteiger partial charge in [0.25, 0.3) is 0 Å². The van der Waals surface area contributed by atoms with Crippen molar-refractivity contribution < 1.29 is 18.3 Å². The molecule has 0 N–H and O–H groups in total. The van der Waals surface area contributed by atoms with Crippen LogP contribution in [0.25, 0.3) is 0 Å². The second kappa shape index (κ2) is 7.04. The van der Waals surface area contributed by atoms with Crippen molar-refractivity contribution in [3.05, 3.63) is 58.1 Å². The van der Waals surface area contributed by atoms with Crippen LogP contribution in [0.15, 0.2) is 40.9 Å². The normalized spacial score (nSPS) is 10.0. The first-order valence-corrected chi connectivity index (χ1v) is 6.80. The van der Waals surface area contributed by atoms with Crippen LogP contribution in [0.5, 0.6) is 11.5 Å². The summed E-state index contributed by atoms with van der Waals surface area (Å²) in [5, 5.41) is 8.66. The summed E-state index contributed by atoms with van der Waals surface area (Å²) < 4.78 is 37.2. The summed E-state index contributed by atoms with van der Waals surface area (Å²) in [5.74, 6) is -0.933. The van der Waals surface area contributed by atoms with Gasteiger partial charge in [-0.1, -0.05) is 0 Å². The standard InChI is InChI=1S/C15H10BrF2NO2/c16-13-7-11(17)8-14(18)15(13)21-6-5-20-12-3-1-10(9-19)2-4-12/h1-4,7-8H,5-6H2. The summed E-state index contributed by atoms with van der Waals surface area (Å²) in [6, 6.07) is 10.5. The van der Waals surface area contributed by atoms with E-state index in [1.165, 1.54) is 0 Å². The zero-order valence-corrected chi connectivity index (χ0v) is 12.4. The van der Waals surface area contributed by atoms with E-state index in [2.05, 4.69) is 15.9 Å². The average Bonchev–Trinajstić information content (AvgIpc) is 2.46. The molecule has 0 spiro atoms. The van der Waals surface area contributed by atoms with E-state index in [1.807, 2.05) is 6.07 Å². The maximum absolute atomic E-state index is 13.5. The third-order valence-electron chi connectivity index (χ3n) is 2.54. The van der Waals surface area contributed by atoms with Crippen molar-refractivity contribution in [2.75, 3.05) is 13.2 Å². The average molecular weight is 354 g/mol. The van der Waals surface area contributed by atoms with Gasteiger partial charge >= 0.3 is 0 Å². The molecule has 0 heterocycles. The fraction of sp³-hybridized carbons (Fsp3) is 0.133. The monoisotopic (exact) mass is 353 g/mol. The second-order valence-electron chi connectivity index (χ2n) is 4.03. The Morgan fingerprint density at radius 2 is 1.71 bits per heavy atom. The quantitative estimate of drug-likeness (QED) is 0.761. The van der Waals surface area contributed by atoms with Crippen molar-refractivity contribution in [3.8, 4) is 17.6 Å². The summed E-state index contributed by atoms with van der Waals surface area (Å²) in [6.45, 7) is 0.288. The van der Waals surface area contributed by atoms with Crippen LogP contribution < -0.4 is 9.47 Å². The predicted octanol–water partition coefficient (Wildman–Crippen LogP) is 4.06. The Morgan fingerprint density at radius 3 is 2.33 bits per heavy atom. The molecule has 0 amide bonds. The maximum Gasteiger partial charge on any atom is 0.169 e. The lowest BCUT2D eigenvalue weighted by molar-refractivity contribution is 0.210. The number of halogens is 3. The highest BCUT2D eigenvalue weighted by molar-refractivity contribution is 9.10. The first kappa shape index (κ1) is 15.3. The summed E-state index contributed by atoms with van der Waals surface area (Å²) in [7, 11) is 0. The van der Waals surface area contributed by atoms with E-state index in [9.17, 15) is 8.78 Å². The van der Waals surface area contributed by atoms with Crippen LogP contribution in [-0.4, -0.2) is 13.2 Å². The van der Waals surface area contributed by atoms with E-state index in [4.69, 9.17) is 14.7 Å². The van der Waals surface area contributed by atoms with Crippen LogP contribution in [0, 0.1) is 23.0 Å². The van der Waals surface area contributed by atoms with Crippen molar-refractivity contribution in [1.82, 2.24) is 0 Å². The smallest absolute Gasteiger partial charge is 0.169 e. The van der Waals surface area contributed by atoms with Gasteiger partial charge in [-0.3, -0.25) is 0 Å². The Morgan fingerprint density at radius 1 is 1.05 bits per heavy atom. The van der Waals surface area contributed by atoms with Crippen LogP contribution in [0.1, 0.15) is 5.56 Å². The Hall–Kier alpha value is -2.13. The van der Waals surface area contributed by atoms with Crippen molar-refractivity contribution in [2.45, 2.75) is 0 Å². The van der Waals surface area contributed by atoms with E-state index in [0.29, 0.717) is 11.3 Å². The minimum Gasteiger partial charge on any atom is -0.490 e. The van der Waals surface area contributed by atoms with E-state index in [1.54, 1.807) is 24.3 Å². The molecule has 0 aliphatic rings. The molecule has 0 aliphatic heterocycles. The van der Waals surface area contributed by atoms with Gasteiger partial charge in [-0.05, 0) is 46.3 Å². The van der Waals surface area contributed by atoms with Gasteiger partial charge in [-0.15, -0.1) is 0 Å². The molecule has 0 unspecified atom stereocenters. The van der Waals surface area contributed by atoms with Gasteiger partial charge in [0.15, 0.2) is 11.6 Å². The lowest BCUT2D eigenvalue weighted by Gasteiger charge is -2.10. The van der Waals surface area contributed by atoms with Gasteiger partial charge in [-0.2, -0.15) is 5.26 Å².